The Bertz CT molecular complexity index is 214. The molecule has 0 radical (unpaired) electrons. The third kappa shape index (κ3) is 5.27. The second kappa shape index (κ2) is 9.59. The number of rotatable bonds is 8. The molecule has 5 heteroatoms. The van der Waals surface area contributed by atoms with E-state index in [2.05, 4.69) is 0 Å². The maximum absolute atomic E-state index is 11.1. The van der Waals surface area contributed by atoms with Gasteiger partial charge in [-0.25, -0.2) is 0 Å². The van der Waals surface area contributed by atoms with Crippen molar-refractivity contribution in [2.75, 3.05) is 0 Å². The average Bonchev–Trinajstić information content (AvgIpc) is 2.15. The fourth-order valence-corrected chi connectivity index (χ4v) is 1.75. The second-order valence-electron chi connectivity index (χ2n) is 3.90. The zero-order chi connectivity index (χ0) is 11.9. The van der Waals surface area contributed by atoms with Gasteiger partial charge in [0.15, 0.2) is 5.41 Å². The SMILES string of the molecule is CCCCCC(CCC)(C(=O)O)C(=O)O.[KH]. The molecule has 0 bridgehead atoms. The molecule has 0 aliphatic heterocycles. The number of hydrogen-bond donors (Lipinski definition) is 2. The summed E-state index contributed by atoms with van der Waals surface area (Å²) in [6.07, 6.45) is 3.52. The van der Waals surface area contributed by atoms with Gasteiger partial charge in [-0.2, -0.15) is 0 Å². The predicted octanol–water partition coefficient (Wildman–Crippen LogP) is 1.87. The van der Waals surface area contributed by atoms with Gasteiger partial charge in [-0.1, -0.05) is 39.5 Å². The van der Waals surface area contributed by atoms with Crippen LogP contribution < -0.4 is 0 Å². The molecule has 0 aromatic heterocycles. The molecule has 90 valence electrons. The van der Waals surface area contributed by atoms with Crippen molar-refractivity contribution in [3.8, 4) is 0 Å². The van der Waals surface area contributed by atoms with Gasteiger partial charge >= 0.3 is 63.3 Å². The molecule has 2 N–H and O–H groups in total. The van der Waals surface area contributed by atoms with Crippen LogP contribution in [-0.4, -0.2) is 73.5 Å². The van der Waals surface area contributed by atoms with Gasteiger partial charge in [-0.3, -0.25) is 9.59 Å². The van der Waals surface area contributed by atoms with Gasteiger partial charge in [0.2, 0.25) is 0 Å². The molecular weight excluding hydrogens is 235 g/mol. The van der Waals surface area contributed by atoms with Crippen molar-refractivity contribution in [3.63, 3.8) is 0 Å². The summed E-state index contributed by atoms with van der Waals surface area (Å²) in [6, 6.07) is 0. The number of carboxylic acid groups (broad SMARTS) is 2. The van der Waals surface area contributed by atoms with Crippen LogP contribution in [0.25, 0.3) is 0 Å². The Morgan fingerprint density at radius 1 is 0.938 bits per heavy atom. The Labute approximate surface area is 139 Å². The molecule has 0 saturated carbocycles. The normalized spacial score (nSPS) is 10.6. The molecule has 0 atom stereocenters. The van der Waals surface area contributed by atoms with Crippen molar-refractivity contribution >= 4 is 63.3 Å². The van der Waals surface area contributed by atoms with Crippen LogP contribution in [0.1, 0.15) is 52.4 Å². The zero-order valence-electron chi connectivity index (χ0n) is 9.45. The number of carboxylic acids is 2. The van der Waals surface area contributed by atoms with E-state index >= 15 is 0 Å². The fraction of sp³-hybridized carbons (Fsp3) is 0.818. The molecule has 0 aromatic carbocycles. The van der Waals surface area contributed by atoms with Crippen LogP contribution in [0, 0.1) is 5.41 Å². The summed E-state index contributed by atoms with van der Waals surface area (Å²) < 4.78 is 0. The number of hydrogen-bond acceptors (Lipinski definition) is 2. The van der Waals surface area contributed by atoms with E-state index in [-0.39, 0.29) is 64.2 Å². The standard InChI is InChI=1S/C11H20O4.K.H/c1-3-5-6-8-11(7-4-2,9(12)13)10(14)15;;/h3-8H2,1-2H3,(H,12,13)(H,14,15);;. The van der Waals surface area contributed by atoms with E-state index in [1.54, 1.807) is 6.92 Å². The van der Waals surface area contributed by atoms with Crippen LogP contribution >= 0.6 is 0 Å². The average molecular weight is 256 g/mol. The second-order valence-corrected chi connectivity index (χ2v) is 3.90. The van der Waals surface area contributed by atoms with Crippen LogP contribution in [0.15, 0.2) is 0 Å². The van der Waals surface area contributed by atoms with Crippen LogP contribution in [0.3, 0.4) is 0 Å². The summed E-state index contributed by atoms with van der Waals surface area (Å²) in [5, 5.41) is 18.1. The fourth-order valence-electron chi connectivity index (χ4n) is 1.75. The van der Waals surface area contributed by atoms with E-state index in [1.165, 1.54) is 0 Å². The van der Waals surface area contributed by atoms with Gasteiger partial charge in [0.25, 0.3) is 0 Å². The molecule has 4 nitrogen and oxygen atoms in total. The number of unbranched alkanes of at least 4 members (excludes halogenated alkanes) is 2. The molecule has 0 aromatic rings. The van der Waals surface area contributed by atoms with E-state index in [4.69, 9.17) is 10.2 Å². The van der Waals surface area contributed by atoms with Gasteiger partial charge in [-0.15, -0.1) is 0 Å². The molecule has 0 unspecified atom stereocenters. The first kappa shape index (κ1) is 18.9. The van der Waals surface area contributed by atoms with Crippen molar-refractivity contribution < 1.29 is 19.8 Å². The third-order valence-corrected chi connectivity index (χ3v) is 2.70. The predicted molar refractivity (Wildman–Crippen MR) is 63.9 cm³/mol. The molecule has 0 aliphatic carbocycles. The van der Waals surface area contributed by atoms with E-state index in [0.717, 1.165) is 12.8 Å². The van der Waals surface area contributed by atoms with E-state index in [9.17, 15) is 9.59 Å². The molecule has 0 heterocycles. The van der Waals surface area contributed by atoms with Crippen molar-refractivity contribution in [3.05, 3.63) is 0 Å². The quantitative estimate of drug-likeness (QED) is 0.395. The summed E-state index contributed by atoms with van der Waals surface area (Å²) in [5.74, 6) is -2.40. The Morgan fingerprint density at radius 3 is 1.75 bits per heavy atom. The summed E-state index contributed by atoms with van der Waals surface area (Å²) in [4.78, 5) is 22.1. The Hall–Kier alpha value is 0.576. The van der Waals surface area contributed by atoms with Gasteiger partial charge in [0.05, 0.1) is 0 Å². The zero-order valence-corrected chi connectivity index (χ0v) is 9.45. The molecule has 16 heavy (non-hydrogen) atoms. The monoisotopic (exact) mass is 256 g/mol. The minimum absolute atomic E-state index is 0. The third-order valence-electron chi connectivity index (χ3n) is 2.70. The van der Waals surface area contributed by atoms with Gasteiger partial charge < -0.3 is 10.2 Å². The Balaban J connectivity index is 0. The Morgan fingerprint density at radius 2 is 1.44 bits per heavy atom. The van der Waals surface area contributed by atoms with Gasteiger partial charge in [0.1, 0.15) is 0 Å². The molecular formula is C11H21KO4. The van der Waals surface area contributed by atoms with E-state index < -0.39 is 17.4 Å². The van der Waals surface area contributed by atoms with Crippen LogP contribution in [0.5, 0.6) is 0 Å². The molecule has 0 spiro atoms. The van der Waals surface area contributed by atoms with Crippen LogP contribution in [-0.2, 0) is 9.59 Å². The Kier molecular flexibility index (Phi) is 11.3. The summed E-state index contributed by atoms with van der Waals surface area (Å²) in [6.45, 7) is 3.81. The first-order valence-electron chi connectivity index (χ1n) is 5.48. The van der Waals surface area contributed by atoms with Gasteiger partial charge in [0, 0.05) is 0 Å². The van der Waals surface area contributed by atoms with E-state index in [1.807, 2.05) is 6.92 Å². The van der Waals surface area contributed by atoms with Crippen molar-refractivity contribution in [2.45, 2.75) is 52.4 Å². The van der Waals surface area contributed by atoms with Crippen LogP contribution in [0.2, 0.25) is 0 Å². The molecule has 0 saturated heterocycles. The molecule has 0 aliphatic rings. The number of aliphatic carboxylic acids is 2. The summed E-state index contributed by atoms with van der Waals surface area (Å²) in [5.41, 5.74) is -1.57. The minimum atomic E-state index is -1.57. The topological polar surface area (TPSA) is 74.6 Å². The first-order valence-corrected chi connectivity index (χ1v) is 5.48. The molecule has 0 rings (SSSR count). The maximum atomic E-state index is 11.1. The van der Waals surface area contributed by atoms with E-state index in [0.29, 0.717) is 12.8 Å². The first-order chi connectivity index (χ1) is 7.01. The molecule has 0 fully saturated rings. The van der Waals surface area contributed by atoms with Crippen LogP contribution in [0.4, 0.5) is 0 Å². The van der Waals surface area contributed by atoms with Crippen molar-refractivity contribution in [1.29, 1.82) is 0 Å². The summed E-state index contributed by atoms with van der Waals surface area (Å²) in [7, 11) is 0. The van der Waals surface area contributed by atoms with Gasteiger partial charge in [-0.05, 0) is 12.8 Å². The molecule has 0 amide bonds. The van der Waals surface area contributed by atoms with Crippen molar-refractivity contribution in [2.24, 2.45) is 5.41 Å². The number of carbonyl (C=O) groups is 2. The van der Waals surface area contributed by atoms with Crippen molar-refractivity contribution in [1.82, 2.24) is 0 Å². The summed E-state index contributed by atoms with van der Waals surface area (Å²) >= 11 is 0.